The van der Waals surface area contributed by atoms with Crippen LogP contribution < -0.4 is 4.90 Å². The third-order valence-electron chi connectivity index (χ3n) is 4.88. The fraction of sp³-hybridized carbons (Fsp3) is 0.238. The molecule has 0 N–H and O–H groups in total. The molecule has 1 aromatic carbocycles. The predicted molar refractivity (Wildman–Crippen MR) is 109 cm³/mol. The summed E-state index contributed by atoms with van der Waals surface area (Å²) in [6.07, 6.45) is 4.23. The Morgan fingerprint density at radius 2 is 2.00 bits per heavy atom. The summed E-state index contributed by atoms with van der Waals surface area (Å²) in [5, 5.41) is 0. The molecule has 6 nitrogen and oxygen atoms in total. The van der Waals surface area contributed by atoms with Gasteiger partial charge in [-0.1, -0.05) is 6.07 Å². The van der Waals surface area contributed by atoms with Crippen LogP contribution in [0.5, 0.6) is 0 Å². The Morgan fingerprint density at radius 3 is 2.77 bits per heavy atom. The normalized spacial score (nSPS) is 13.9. The first kappa shape index (κ1) is 20.1. The molecule has 154 valence electrons. The number of amides is 2. The van der Waals surface area contributed by atoms with E-state index in [1.54, 1.807) is 23.8 Å². The molecule has 2 amide bonds. The van der Waals surface area contributed by atoms with Gasteiger partial charge in [0.25, 0.3) is 0 Å². The number of pyridine rings is 1. The number of nitrogens with zero attached hydrogens (tertiary/aromatic N) is 4. The third-order valence-corrected chi connectivity index (χ3v) is 5.72. The lowest BCUT2D eigenvalue weighted by Crippen LogP contribution is -2.32. The number of hydrogen-bond acceptors (Lipinski definition) is 5. The Bertz CT molecular complexity index is 1070. The van der Waals surface area contributed by atoms with Crippen molar-refractivity contribution in [1.29, 1.82) is 0 Å². The number of carbonyl (C=O) groups excluding carboxylic acids is 2. The first-order chi connectivity index (χ1) is 14.5. The monoisotopic (exact) mass is 428 g/mol. The fourth-order valence-electron chi connectivity index (χ4n) is 3.29. The summed E-state index contributed by atoms with van der Waals surface area (Å²) in [6, 6.07) is 6.56. The highest BCUT2D eigenvalue weighted by Gasteiger charge is 2.30. The van der Waals surface area contributed by atoms with Crippen molar-refractivity contribution in [2.45, 2.75) is 19.4 Å². The summed E-state index contributed by atoms with van der Waals surface area (Å²) in [5.41, 5.74) is 2.73. The van der Waals surface area contributed by atoms with Crippen molar-refractivity contribution in [2.24, 2.45) is 0 Å². The minimum absolute atomic E-state index is 0.0302. The number of halogens is 2. The molecule has 1 fully saturated rings. The Kier molecular flexibility index (Phi) is 5.80. The molecule has 0 spiro atoms. The molecule has 3 aromatic rings. The molecule has 30 heavy (non-hydrogen) atoms. The van der Waals surface area contributed by atoms with Gasteiger partial charge in [-0.05, 0) is 36.2 Å². The maximum absolute atomic E-state index is 13.4. The van der Waals surface area contributed by atoms with Crippen LogP contribution in [0.15, 0.2) is 48.2 Å². The average molecular weight is 428 g/mol. The molecule has 0 saturated carbocycles. The SMILES string of the molecule is O=C(CCc1cncs1)c1ccnc(N2CCN(Cc3ccc(F)c(F)c3)C2=O)c1. The number of aryl methyl sites for hydroxylation is 1. The number of rotatable bonds is 7. The molecular weight excluding hydrogens is 410 g/mol. The van der Waals surface area contributed by atoms with Gasteiger partial charge in [-0.15, -0.1) is 11.3 Å². The van der Waals surface area contributed by atoms with E-state index < -0.39 is 11.6 Å². The molecule has 3 heterocycles. The number of benzene rings is 1. The van der Waals surface area contributed by atoms with Gasteiger partial charge in [0.05, 0.1) is 5.51 Å². The number of anilines is 1. The summed E-state index contributed by atoms with van der Waals surface area (Å²) >= 11 is 1.51. The smallest absolute Gasteiger partial charge is 0.318 e. The van der Waals surface area contributed by atoms with E-state index in [1.165, 1.54) is 33.4 Å². The van der Waals surface area contributed by atoms with Crippen LogP contribution in [0, 0.1) is 11.6 Å². The van der Waals surface area contributed by atoms with E-state index in [9.17, 15) is 18.4 Å². The zero-order valence-electron chi connectivity index (χ0n) is 15.9. The second-order valence-corrected chi connectivity index (χ2v) is 7.87. The molecule has 1 saturated heterocycles. The lowest BCUT2D eigenvalue weighted by atomic mass is 10.1. The van der Waals surface area contributed by atoms with E-state index in [0.717, 1.165) is 17.0 Å². The van der Waals surface area contributed by atoms with Gasteiger partial charge in [0.2, 0.25) is 0 Å². The number of aromatic nitrogens is 2. The van der Waals surface area contributed by atoms with Gasteiger partial charge < -0.3 is 4.90 Å². The van der Waals surface area contributed by atoms with Crippen LogP contribution >= 0.6 is 11.3 Å². The summed E-state index contributed by atoms with van der Waals surface area (Å²) in [5.74, 6) is -1.50. The summed E-state index contributed by atoms with van der Waals surface area (Å²) in [7, 11) is 0. The van der Waals surface area contributed by atoms with Crippen molar-refractivity contribution in [3.8, 4) is 0 Å². The molecule has 0 unspecified atom stereocenters. The predicted octanol–water partition coefficient (Wildman–Crippen LogP) is 4.07. The van der Waals surface area contributed by atoms with Gasteiger partial charge in [-0.2, -0.15) is 0 Å². The molecule has 0 bridgehead atoms. The van der Waals surface area contributed by atoms with E-state index >= 15 is 0 Å². The molecule has 1 aliphatic heterocycles. The number of Topliss-reactive ketones (excluding diaryl/α,β-unsaturated/α-hetero) is 1. The van der Waals surface area contributed by atoms with E-state index in [-0.39, 0.29) is 18.4 Å². The summed E-state index contributed by atoms with van der Waals surface area (Å²) in [6.45, 7) is 0.983. The van der Waals surface area contributed by atoms with E-state index in [2.05, 4.69) is 9.97 Å². The maximum atomic E-state index is 13.4. The number of hydrogen-bond donors (Lipinski definition) is 0. The summed E-state index contributed by atoms with van der Waals surface area (Å²) in [4.78, 5) is 37.6. The van der Waals surface area contributed by atoms with E-state index in [0.29, 0.717) is 42.9 Å². The highest BCUT2D eigenvalue weighted by atomic mass is 32.1. The van der Waals surface area contributed by atoms with Crippen LogP contribution in [0.25, 0.3) is 0 Å². The average Bonchev–Trinajstić information content (AvgIpc) is 3.39. The topological polar surface area (TPSA) is 66.4 Å². The van der Waals surface area contributed by atoms with E-state index in [1.807, 2.05) is 0 Å². The van der Waals surface area contributed by atoms with Crippen molar-refractivity contribution in [1.82, 2.24) is 14.9 Å². The lowest BCUT2D eigenvalue weighted by Gasteiger charge is -2.18. The van der Waals surface area contributed by atoms with Gasteiger partial charge in [-0.3, -0.25) is 14.7 Å². The number of thiazole rings is 1. The molecule has 2 aromatic heterocycles. The first-order valence-corrected chi connectivity index (χ1v) is 10.3. The zero-order chi connectivity index (χ0) is 21.1. The van der Waals surface area contributed by atoms with Crippen molar-refractivity contribution in [2.75, 3.05) is 18.0 Å². The molecule has 9 heteroatoms. The molecule has 0 aliphatic carbocycles. The third kappa shape index (κ3) is 4.35. The van der Waals surface area contributed by atoms with Gasteiger partial charge in [0, 0.05) is 48.9 Å². The zero-order valence-corrected chi connectivity index (χ0v) is 16.7. The Morgan fingerprint density at radius 1 is 1.13 bits per heavy atom. The molecule has 1 aliphatic rings. The Labute approximate surface area is 175 Å². The fourth-order valence-corrected chi connectivity index (χ4v) is 3.89. The Balaban J connectivity index is 1.42. The van der Waals surface area contributed by atoms with Crippen LogP contribution in [-0.4, -0.2) is 39.8 Å². The van der Waals surface area contributed by atoms with Crippen molar-refractivity contribution < 1.29 is 18.4 Å². The molecule has 4 rings (SSSR count). The van der Waals surface area contributed by atoms with Crippen LogP contribution in [0.1, 0.15) is 27.2 Å². The van der Waals surface area contributed by atoms with Crippen molar-refractivity contribution in [3.63, 3.8) is 0 Å². The number of ketones is 1. The highest BCUT2D eigenvalue weighted by molar-refractivity contribution is 7.09. The largest absolute Gasteiger partial charge is 0.326 e. The maximum Gasteiger partial charge on any atom is 0.326 e. The lowest BCUT2D eigenvalue weighted by molar-refractivity contribution is 0.0983. The molecule has 0 atom stereocenters. The van der Waals surface area contributed by atoms with Crippen LogP contribution in [0.4, 0.5) is 19.4 Å². The second-order valence-electron chi connectivity index (χ2n) is 6.90. The number of carbonyl (C=O) groups is 2. The summed E-state index contributed by atoms with van der Waals surface area (Å²) < 4.78 is 26.5. The van der Waals surface area contributed by atoms with Crippen molar-refractivity contribution >= 4 is 29.0 Å². The number of urea groups is 1. The Hall–Kier alpha value is -3.20. The minimum Gasteiger partial charge on any atom is -0.318 e. The molecule has 0 radical (unpaired) electrons. The van der Waals surface area contributed by atoms with Gasteiger partial charge in [0.15, 0.2) is 17.4 Å². The van der Waals surface area contributed by atoms with Gasteiger partial charge >= 0.3 is 6.03 Å². The quantitative estimate of drug-likeness (QED) is 0.532. The standard InChI is InChI=1S/C21H18F2N4O2S/c22-17-3-1-14(9-18(17)23)12-26-7-8-27(21(26)29)20-10-15(5-6-25-20)19(28)4-2-16-11-24-13-30-16/h1,3,5-6,9-11,13H,2,4,7-8,12H2. The van der Waals surface area contributed by atoms with Gasteiger partial charge in [-0.25, -0.2) is 18.6 Å². The minimum atomic E-state index is -0.942. The van der Waals surface area contributed by atoms with Gasteiger partial charge in [0.1, 0.15) is 5.82 Å². The van der Waals surface area contributed by atoms with E-state index in [4.69, 9.17) is 0 Å². The molecular formula is C21H18F2N4O2S. The van der Waals surface area contributed by atoms with Crippen LogP contribution in [0.2, 0.25) is 0 Å². The van der Waals surface area contributed by atoms with Crippen LogP contribution in [-0.2, 0) is 13.0 Å². The second kappa shape index (κ2) is 8.66. The highest BCUT2D eigenvalue weighted by Crippen LogP contribution is 2.22. The van der Waals surface area contributed by atoms with Crippen molar-refractivity contribution in [3.05, 3.63) is 75.9 Å². The first-order valence-electron chi connectivity index (χ1n) is 9.38. The van der Waals surface area contributed by atoms with Crippen LogP contribution in [0.3, 0.4) is 0 Å².